The summed E-state index contributed by atoms with van der Waals surface area (Å²) in [5, 5.41) is 9.06. The zero-order chi connectivity index (χ0) is 15.0. The Kier molecular flexibility index (Phi) is 3.46. The second-order valence-corrected chi connectivity index (χ2v) is 5.52. The molecule has 104 valence electrons. The Morgan fingerprint density at radius 2 is 2.20 bits per heavy atom. The summed E-state index contributed by atoms with van der Waals surface area (Å²) in [6, 6.07) is 1.97. The van der Waals surface area contributed by atoms with Gasteiger partial charge in [0.2, 0.25) is 0 Å². The van der Waals surface area contributed by atoms with Gasteiger partial charge in [-0.15, -0.1) is 11.3 Å². The normalized spacial score (nSPS) is 12.2. The molecule has 2 heterocycles. The number of primary amides is 1. The summed E-state index contributed by atoms with van der Waals surface area (Å²) in [5.41, 5.74) is 4.59. The third kappa shape index (κ3) is 2.12. The van der Waals surface area contributed by atoms with Gasteiger partial charge >= 0.3 is 5.69 Å². The van der Waals surface area contributed by atoms with E-state index in [1.807, 2.05) is 6.07 Å². The highest BCUT2D eigenvalue weighted by molar-refractivity contribution is 7.20. The SMILES string of the molecule is Cc1c(C(N)=O)sc2[nH]c(=O)n(CC(C)C#N)c(=O)c12. The molecule has 1 atom stereocenters. The van der Waals surface area contributed by atoms with Crippen LogP contribution in [0.15, 0.2) is 9.59 Å². The number of hydrogen-bond acceptors (Lipinski definition) is 5. The lowest BCUT2D eigenvalue weighted by Crippen LogP contribution is -2.36. The number of carbonyl (C=O) groups excluding carboxylic acids is 1. The van der Waals surface area contributed by atoms with Crippen molar-refractivity contribution in [2.45, 2.75) is 20.4 Å². The summed E-state index contributed by atoms with van der Waals surface area (Å²) in [6.07, 6.45) is 0. The smallest absolute Gasteiger partial charge is 0.329 e. The number of thiophene rings is 1. The maximum Gasteiger partial charge on any atom is 0.329 e. The Morgan fingerprint density at radius 3 is 2.75 bits per heavy atom. The predicted molar refractivity (Wildman–Crippen MR) is 74.7 cm³/mol. The van der Waals surface area contributed by atoms with Gasteiger partial charge in [0.05, 0.1) is 22.3 Å². The van der Waals surface area contributed by atoms with Crippen LogP contribution in [0.25, 0.3) is 10.2 Å². The highest BCUT2D eigenvalue weighted by Gasteiger charge is 2.19. The van der Waals surface area contributed by atoms with Crippen molar-refractivity contribution in [1.29, 1.82) is 5.26 Å². The molecule has 1 amide bonds. The lowest BCUT2D eigenvalue weighted by molar-refractivity contribution is 0.100. The number of aromatic nitrogens is 2. The standard InChI is InChI=1S/C12H12N4O3S/c1-5(3-13)4-16-11(18)7-6(2)8(9(14)17)20-10(7)15-12(16)19/h5H,4H2,1-2H3,(H2,14,17)(H,15,19). The molecule has 1 unspecified atom stereocenters. The van der Waals surface area contributed by atoms with Crippen LogP contribution in [0, 0.1) is 24.2 Å². The van der Waals surface area contributed by atoms with E-state index in [4.69, 9.17) is 11.0 Å². The first-order chi connectivity index (χ1) is 9.36. The van der Waals surface area contributed by atoms with Crippen molar-refractivity contribution in [2.24, 2.45) is 11.7 Å². The predicted octanol–water partition coefficient (Wildman–Crippen LogP) is 0.318. The highest BCUT2D eigenvalue weighted by Crippen LogP contribution is 2.25. The van der Waals surface area contributed by atoms with Gasteiger partial charge in [-0.05, 0) is 19.4 Å². The Balaban J connectivity index is 2.79. The third-order valence-electron chi connectivity index (χ3n) is 2.97. The average molecular weight is 292 g/mol. The van der Waals surface area contributed by atoms with E-state index in [1.54, 1.807) is 13.8 Å². The first-order valence-corrected chi connectivity index (χ1v) is 6.64. The van der Waals surface area contributed by atoms with Crippen LogP contribution < -0.4 is 17.0 Å². The zero-order valence-corrected chi connectivity index (χ0v) is 11.7. The van der Waals surface area contributed by atoms with Crippen molar-refractivity contribution in [3.8, 4) is 6.07 Å². The molecule has 0 spiro atoms. The van der Waals surface area contributed by atoms with E-state index in [1.165, 1.54) is 0 Å². The number of nitrogens with two attached hydrogens (primary N) is 1. The molecule has 0 bridgehead atoms. The molecule has 0 saturated heterocycles. The molecule has 0 radical (unpaired) electrons. The first kappa shape index (κ1) is 14.0. The van der Waals surface area contributed by atoms with E-state index in [9.17, 15) is 14.4 Å². The summed E-state index contributed by atoms with van der Waals surface area (Å²) < 4.78 is 0.973. The molecule has 7 nitrogen and oxygen atoms in total. The van der Waals surface area contributed by atoms with Gasteiger partial charge in [0.25, 0.3) is 11.5 Å². The van der Waals surface area contributed by atoms with Gasteiger partial charge in [-0.3, -0.25) is 19.1 Å². The topological polar surface area (TPSA) is 122 Å². The number of carbonyl (C=O) groups is 1. The van der Waals surface area contributed by atoms with Crippen LogP contribution >= 0.6 is 11.3 Å². The molecule has 0 saturated carbocycles. The number of nitrogens with zero attached hydrogens (tertiary/aromatic N) is 2. The molecule has 8 heteroatoms. The largest absolute Gasteiger partial charge is 0.365 e. The number of fused-ring (bicyclic) bond motifs is 1. The van der Waals surface area contributed by atoms with E-state index in [2.05, 4.69) is 4.98 Å². The molecule has 20 heavy (non-hydrogen) atoms. The fourth-order valence-corrected chi connectivity index (χ4v) is 3.01. The minimum absolute atomic E-state index is 0.00178. The number of nitriles is 1. The van der Waals surface area contributed by atoms with E-state index in [-0.39, 0.29) is 16.8 Å². The lowest BCUT2D eigenvalue weighted by Gasteiger charge is -2.05. The Bertz CT molecular complexity index is 852. The van der Waals surface area contributed by atoms with Gasteiger partial charge in [-0.25, -0.2) is 4.79 Å². The van der Waals surface area contributed by atoms with Crippen molar-refractivity contribution in [1.82, 2.24) is 9.55 Å². The van der Waals surface area contributed by atoms with Gasteiger partial charge in [0.15, 0.2) is 0 Å². The van der Waals surface area contributed by atoms with Crippen LogP contribution in [-0.4, -0.2) is 15.5 Å². The number of amides is 1. The van der Waals surface area contributed by atoms with Crippen molar-refractivity contribution in [3.05, 3.63) is 31.3 Å². The van der Waals surface area contributed by atoms with Crippen LogP contribution in [0.5, 0.6) is 0 Å². The maximum absolute atomic E-state index is 12.3. The number of hydrogen-bond donors (Lipinski definition) is 2. The first-order valence-electron chi connectivity index (χ1n) is 5.82. The number of H-pyrrole nitrogens is 1. The third-order valence-corrected chi connectivity index (χ3v) is 4.19. The summed E-state index contributed by atoms with van der Waals surface area (Å²) in [5.74, 6) is -1.11. The minimum Gasteiger partial charge on any atom is -0.365 e. The second kappa shape index (κ2) is 4.94. The number of nitrogens with one attached hydrogen (secondary N) is 1. The average Bonchev–Trinajstić information content (AvgIpc) is 2.71. The maximum atomic E-state index is 12.3. The number of rotatable bonds is 3. The Morgan fingerprint density at radius 1 is 1.55 bits per heavy atom. The monoisotopic (exact) mass is 292 g/mol. The quantitative estimate of drug-likeness (QED) is 0.845. The molecular formula is C12H12N4O3S. The summed E-state index contributed by atoms with van der Waals surface area (Å²) in [6.45, 7) is 3.23. The Labute approximate surface area is 117 Å². The van der Waals surface area contributed by atoms with Crippen molar-refractivity contribution in [2.75, 3.05) is 0 Å². The molecule has 0 fully saturated rings. The zero-order valence-electron chi connectivity index (χ0n) is 10.9. The number of aryl methyl sites for hydroxylation is 1. The molecule has 0 aliphatic carbocycles. The fourth-order valence-electron chi connectivity index (χ4n) is 1.97. The van der Waals surface area contributed by atoms with E-state index >= 15 is 0 Å². The van der Waals surface area contributed by atoms with Gasteiger partial charge < -0.3 is 5.73 Å². The van der Waals surface area contributed by atoms with Crippen LogP contribution in [-0.2, 0) is 6.54 Å². The van der Waals surface area contributed by atoms with Gasteiger partial charge in [0, 0.05) is 6.54 Å². The van der Waals surface area contributed by atoms with Gasteiger partial charge in [-0.1, -0.05) is 0 Å². The molecule has 0 aromatic carbocycles. The molecule has 3 N–H and O–H groups in total. The molecule has 2 aromatic rings. The molecular weight excluding hydrogens is 280 g/mol. The van der Waals surface area contributed by atoms with Crippen LogP contribution in [0.1, 0.15) is 22.2 Å². The fraction of sp³-hybridized carbons (Fsp3) is 0.333. The molecule has 0 aliphatic rings. The van der Waals surface area contributed by atoms with Crippen molar-refractivity contribution in [3.63, 3.8) is 0 Å². The van der Waals surface area contributed by atoms with Crippen molar-refractivity contribution < 1.29 is 4.79 Å². The van der Waals surface area contributed by atoms with Crippen LogP contribution in [0.2, 0.25) is 0 Å². The molecule has 2 aromatic heterocycles. The van der Waals surface area contributed by atoms with Crippen molar-refractivity contribution >= 4 is 27.5 Å². The minimum atomic E-state index is -0.638. The van der Waals surface area contributed by atoms with E-state index in [0.717, 1.165) is 15.9 Å². The van der Waals surface area contributed by atoms with Gasteiger partial charge in [0.1, 0.15) is 4.83 Å². The summed E-state index contributed by atoms with van der Waals surface area (Å²) in [4.78, 5) is 38.6. The molecule has 0 aliphatic heterocycles. The number of aromatic amines is 1. The van der Waals surface area contributed by atoms with Gasteiger partial charge in [-0.2, -0.15) is 5.26 Å². The summed E-state index contributed by atoms with van der Waals surface area (Å²) >= 11 is 0.985. The van der Waals surface area contributed by atoms with E-state index < -0.39 is 23.1 Å². The van der Waals surface area contributed by atoms with Crippen LogP contribution in [0.3, 0.4) is 0 Å². The second-order valence-electron chi connectivity index (χ2n) is 4.50. The van der Waals surface area contributed by atoms with E-state index in [0.29, 0.717) is 10.4 Å². The Hall–Kier alpha value is -2.40. The van der Waals surface area contributed by atoms with Crippen LogP contribution in [0.4, 0.5) is 0 Å². The molecule has 2 rings (SSSR count). The highest BCUT2D eigenvalue weighted by atomic mass is 32.1. The summed E-state index contributed by atoms with van der Waals surface area (Å²) in [7, 11) is 0. The lowest BCUT2D eigenvalue weighted by atomic mass is 10.2.